The van der Waals surface area contributed by atoms with E-state index >= 15 is 0 Å². The number of halogens is 1. The van der Waals surface area contributed by atoms with E-state index < -0.39 is 18.0 Å². The van der Waals surface area contributed by atoms with Gasteiger partial charge in [0.15, 0.2) is 0 Å². The number of rotatable bonds is 9. The van der Waals surface area contributed by atoms with E-state index in [9.17, 15) is 14.0 Å². The standard InChI is InChI=1S/C11H20FNO3/c1-2-3-4-5-6-7-8-13-10(14)9(12)11(15)16/h9H,2-8H2,1H3,(H,13,14)(H,15,16). The van der Waals surface area contributed by atoms with Gasteiger partial charge >= 0.3 is 5.97 Å². The third-order valence-corrected chi connectivity index (χ3v) is 2.28. The fourth-order valence-electron chi connectivity index (χ4n) is 1.32. The quantitative estimate of drug-likeness (QED) is 0.472. The van der Waals surface area contributed by atoms with Crippen molar-refractivity contribution in [2.45, 2.75) is 51.6 Å². The molecule has 0 rings (SSSR count). The van der Waals surface area contributed by atoms with E-state index in [1.807, 2.05) is 0 Å². The zero-order valence-corrected chi connectivity index (χ0v) is 9.67. The molecule has 0 aromatic rings. The van der Waals surface area contributed by atoms with Crippen LogP contribution >= 0.6 is 0 Å². The minimum Gasteiger partial charge on any atom is -0.479 e. The van der Waals surface area contributed by atoms with Crippen LogP contribution in [-0.2, 0) is 9.59 Å². The molecular formula is C11H20FNO3. The Kier molecular flexibility index (Phi) is 8.48. The van der Waals surface area contributed by atoms with Gasteiger partial charge in [0.1, 0.15) is 0 Å². The first kappa shape index (κ1) is 14.9. The van der Waals surface area contributed by atoms with Crippen molar-refractivity contribution in [3.05, 3.63) is 0 Å². The molecule has 1 amide bonds. The molecule has 0 saturated heterocycles. The van der Waals surface area contributed by atoms with Gasteiger partial charge in [0.25, 0.3) is 12.1 Å². The van der Waals surface area contributed by atoms with Crippen LogP contribution in [0.2, 0.25) is 0 Å². The van der Waals surface area contributed by atoms with Gasteiger partial charge in [-0.25, -0.2) is 9.18 Å². The molecule has 0 aromatic carbocycles. The summed E-state index contributed by atoms with van der Waals surface area (Å²) in [5, 5.41) is 10.5. The summed E-state index contributed by atoms with van der Waals surface area (Å²) in [6.45, 7) is 2.48. The summed E-state index contributed by atoms with van der Waals surface area (Å²) in [4.78, 5) is 21.0. The van der Waals surface area contributed by atoms with Crippen molar-refractivity contribution < 1.29 is 19.1 Å². The van der Waals surface area contributed by atoms with Gasteiger partial charge in [-0.15, -0.1) is 0 Å². The monoisotopic (exact) mass is 233 g/mol. The predicted octanol–water partition coefficient (Wildman–Crippen LogP) is 1.89. The third kappa shape index (κ3) is 7.20. The summed E-state index contributed by atoms with van der Waals surface area (Å²) < 4.78 is 12.6. The molecule has 0 aliphatic carbocycles. The molecule has 0 aliphatic heterocycles. The van der Waals surface area contributed by atoms with E-state index in [2.05, 4.69) is 12.2 Å². The maximum Gasteiger partial charge on any atom is 0.348 e. The lowest BCUT2D eigenvalue weighted by Crippen LogP contribution is -2.37. The Balaban J connectivity index is 3.38. The second-order valence-electron chi connectivity index (χ2n) is 3.76. The first-order valence-electron chi connectivity index (χ1n) is 5.74. The summed E-state index contributed by atoms with van der Waals surface area (Å²) in [6, 6.07) is 0. The first-order chi connectivity index (χ1) is 7.59. The Morgan fingerprint density at radius 3 is 2.31 bits per heavy atom. The molecule has 0 heterocycles. The molecule has 0 bridgehead atoms. The van der Waals surface area contributed by atoms with E-state index in [1.54, 1.807) is 0 Å². The zero-order chi connectivity index (χ0) is 12.4. The van der Waals surface area contributed by atoms with E-state index in [-0.39, 0.29) is 0 Å². The molecule has 0 radical (unpaired) electrons. The van der Waals surface area contributed by atoms with Crippen molar-refractivity contribution in [1.29, 1.82) is 0 Å². The average molecular weight is 233 g/mol. The van der Waals surface area contributed by atoms with Crippen molar-refractivity contribution in [3.63, 3.8) is 0 Å². The highest BCUT2D eigenvalue weighted by Gasteiger charge is 2.24. The van der Waals surface area contributed by atoms with Gasteiger partial charge in [0.2, 0.25) is 0 Å². The van der Waals surface area contributed by atoms with Crippen LogP contribution in [0.3, 0.4) is 0 Å². The number of hydrogen-bond acceptors (Lipinski definition) is 2. The summed E-state index contributed by atoms with van der Waals surface area (Å²) in [7, 11) is 0. The number of amides is 1. The van der Waals surface area contributed by atoms with E-state index in [4.69, 9.17) is 5.11 Å². The molecule has 94 valence electrons. The van der Waals surface area contributed by atoms with Crippen molar-refractivity contribution in [3.8, 4) is 0 Å². The highest BCUT2D eigenvalue weighted by atomic mass is 19.1. The maximum absolute atomic E-state index is 12.6. The Hall–Kier alpha value is -1.13. The highest BCUT2D eigenvalue weighted by Crippen LogP contribution is 2.04. The molecule has 2 N–H and O–H groups in total. The van der Waals surface area contributed by atoms with Gasteiger partial charge in [0, 0.05) is 6.54 Å². The summed E-state index contributed by atoms with van der Waals surface area (Å²) >= 11 is 0. The zero-order valence-electron chi connectivity index (χ0n) is 9.67. The molecule has 16 heavy (non-hydrogen) atoms. The lowest BCUT2D eigenvalue weighted by molar-refractivity contribution is -0.148. The van der Waals surface area contributed by atoms with Crippen LogP contribution in [0.15, 0.2) is 0 Å². The van der Waals surface area contributed by atoms with Crippen molar-refractivity contribution in [2.24, 2.45) is 0 Å². The third-order valence-electron chi connectivity index (χ3n) is 2.28. The summed E-state index contributed by atoms with van der Waals surface area (Å²) in [5.41, 5.74) is 0. The number of carbonyl (C=O) groups is 2. The van der Waals surface area contributed by atoms with Gasteiger partial charge in [-0.2, -0.15) is 0 Å². The molecular weight excluding hydrogens is 213 g/mol. The van der Waals surface area contributed by atoms with E-state index in [0.717, 1.165) is 19.3 Å². The molecule has 0 aliphatic rings. The van der Waals surface area contributed by atoms with Gasteiger partial charge in [0.05, 0.1) is 0 Å². The molecule has 4 nitrogen and oxygen atoms in total. The number of carbonyl (C=O) groups excluding carboxylic acids is 1. The predicted molar refractivity (Wildman–Crippen MR) is 58.9 cm³/mol. The number of alkyl halides is 1. The van der Waals surface area contributed by atoms with Gasteiger partial charge in [-0.05, 0) is 6.42 Å². The first-order valence-corrected chi connectivity index (χ1v) is 5.74. The van der Waals surface area contributed by atoms with E-state index in [0.29, 0.717) is 6.54 Å². The topological polar surface area (TPSA) is 66.4 Å². The Morgan fingerprint density at radius 1 is 1.19 bits per heavy atom. The lowest BCUT2D eigenvalue weighted by atomic mass is 10.1. The average Bonchev–Trinajstić information content (AvgIpc) is 2.26. The fraction of sp³-hybridized carbons (Fsp3) is 0.818. The summed E-state index contributed by atoms with van der Waals surface area (Å²) in [6.07, 6.45) is 3.95. The second kappa shape index (κ2) is 9.12. The minimum atomic E-state index is -2.44. The Labute approximate surface area is 95.2 Å². The van der Waals surface area contributed by atoms with E-state index in [1.165, 1.54) is 19.3 Å². The van der Waals surface area contributed by atoms with Crippen LogP contribution in [0.25, 0.3) is 0 Å². The lowest BCUT2D eigenvalue weighted by Gasteiger charge is -2.05. The number of aliphatic carboxylic acids is 1. The smallest absolute Gasteiger partial charge is 0.348 e. The van der Waals surface area contributed by atoms with Gasteiger partial charge < -0.3 is 10.4 Å². The molecule has 0 aromatic heterocycles. The second-order valence-corrected chi connectivity index (χ2v) is 3.76. The van der Waals surface area contributed by atoms with Crippen LogP contribution in [0.5, 0.6) is 0 Å². The number of carboxylic acids is 1. The molecule has 1 unspecified atom stereocenters. The van der Waals surface area contributed by atoms with Crippen molar-refractivity contribution >= 4 is 11.9 Å². The number of nitrogens with one attached hydrogen (secondary N) is 1. The molecule has 0 spiro atoms. The molecule has 0 saturated carbocycles. The van der Waals surface area contributed by atoms with Gasteiger partial charge in [-0.3, -0.25) is 4.79 Å². The van der Waals surface area contributed by atoms with Crippen LogP contribution in [0.1, 0.15) is 45.4 Å². The molecule has 5 heteroatoms. The fourth-order valence-corrected chi connectivity index (χ4v) is 1.32. The van der Waals surface area contributed by atoms with Crippen LogP contribution in [-0.4, -0.2) is 29.7 Å². The number of hydrogen-bond donors (Lipinski definition) is 2. The van der Waals surface area contributed by atoms with Crippen LogP contribution in [0.4, 0.5) is 4.39 Å². The number of unbranched alkanes of at least 4 members (excludes halogenated alkanes) is 5. The van der Waals surface area contributed by atoms with Crippen LogP contribution in [0, 0.1) is 0 Å². The number of carboxylic acid groups (broad SMARTS) is 1. The van der Waals surface area contributed by atoms with Crippen molar-refractivity contribution in [2.75, 3.05) is 6.54 Å². The molecule has 1 atom stereocenters. The van der Waals surface area contributed by atoms with Crippen LogP contribution < -0.4 is 5.32 Å². The Bertz CT molecular complexity index is 221. The normalized spacial score (nSPS) is 12.1. The van der Waals surface area contributed by atoms with Gasteiger partial charge in [-0.1, -0.05) is 39.0 Å². The minimum absolute atomic E-state index is 0.346. The SMILES string of the molecule is CCCCCCCCNC(=O)C(F)C(=O)O. The highest BCUT2D eigenvalue weighted by molar-refractivity contribution is 5.99. The largest absolute Gasteiger partial charge is 0.479 e. The maximum atomic E-state index is 12.6. The summed E-state index contributed by atoms with van der Waals surface area (Å²) in [5.74, 6) is -2.79. The molecule has 0 fully saturated rings. The Morgan fingerprint density at radius 2 is 1.75 bits per heavy atom. The van der Waals surface area contributed by atoms with Crippen molar-refractivity contribution in [1.82, 2.24) is 5.32 Å².